The van der Waals surface area contributed by atoms with Crippen LogP contribution < -0.4 is 15.4 Å². The van der Waals surface area contributed by atoms with Crippen LogP contribution in [0.4, 0.5) is 11.4 Å². The van der Waals surface area contributed by atoms with Crippen molar-refractivity contribution < 1.29 is 0 Å². The van der Waals surface area contributed by atoms with E-state index in [0.29, 0.717) is 0 Å². The lowest BCUT2D eigenvalue weighted by molar-refractivity contribution is 0.789. The summed E-state index contributed by atoms with van der Waals surface area (Å²) in [6, 6.07) is 14.7. The van der Waals surface area contributed by atoms with Crippen molar-refractivity contribution in [3.8, 4) is 0 Å². The summed E-state index contributed by atoms with van der Waals surface area (Å²) in [6.45, 7) is 19.3. The van der Waals surface area contributed by atoms with Crippen molar-refractivity contribution in [3.63, 3.8) is 0 Å². The van der Waals surface area contributed by atoms with Gasteiger partial charge in [0.2, 0.25) is 0 Å². The lowest BCUT2D eigenvalue weighted by atomic mass is 10.1. The predicted octanol–water partition coefficient (Wildman–Crippen LogP) is 6.75. The summed E-state index contributed by atoms with van der Waals surface area (Å²) < 4.78 is 3.54. The Kier molecular flexibility index (Phi) is 13.5. The second-order valence-electron chi connectivity index (χ2n) is 5.85. The highest BCUT2D eigenvalue weighted by atomic mass is 32.2. The van der Waals surface area contributed by atoms with E-state index in [9.17, 15) is 0 Å². The molecule has 0 bridgehead atoms. The Bertz CT molecular complexity index is 753. The van der Waals surface area contributed by atoms with Crippen LogP contribution in [0.1, 0.15) is 31.4 Å². The molecule has 2 aromatic rings. The Labute approximate surface area is 175 Å². The molecule has 1 atom stereocenters. The predicted molar refractivity (Wildman–Crippen MR) is 133 cm³/mol. The lowest BCUT2D eigenvalue weighted by Crippen LogP contribution is -2.11. The standard InChI is InChI=1S/C20H27N3S.C2H6.C2H4/c1-15-8-6-11-20(17(15)3)23-24(5)19-10-7-9-18(14-19)22-16(2)12-13-21-4;2*1-2/h6-11,14,21-23H,2,5,12-13H2,1,3-4H3;1-2H3;1-2H2. The Hall–Kier alpha value is -2.30. The van der Waals surface area contributed by atoms with Crippen molar-refractivity contribution in [1.82, 2.24) is 5.32 Å². The molecular formula is C24H37N3S. The van der Waals surface area contributed by atoms with Crippen LogP contribution in [0, 0.1) is 13.8 Å². The van der Waals surface area contributed by atoms with Gasteiger partial charge in [-0.25, -0.2) is 0 Å². The molecule has 154 valence electrons. The second kappa shape index (κ2) is 14.7. The molecule has 0 radical (unpaired) electrons. The molecule has 0 spiro atoms. The van der Waals surface area contributed by atoms with Gasteiger partial charge in [-0.05, 0) is 62.7 Å². The van der Waals surface area contributed by atoms with E-state index in [1.54, 1.807) is 0 Å². The molecule has 0 amide bonds. The van der Waals surface area contributed by atoms with Crippen molar-refractivity contribution in [2.75, 3.05) is 23.6 Å². The zero-order valence-electron chi connectivity index (χ0n) is 18.2. The van der Waals surface area contributed by atoms with Gasteiger partial charge in [-0.2, -0.15) is 0 Å². The summed E-state index contributed by atoms with van der Waals surface area (Å²) in [4.78, 5) is 1.17. The van der Waals surface area contributed by atoms with Crippen LogP contribution in [0.25, 0.3) is 0 Å². The van der Waals surface area contributed by atoms with Gasteiger partial charge in [-0.3, -0.25) is 0 Å². The molecule has 1 unspecified atom stereocenters. The summed E-state index contributed by atoms with van der Waals surface area (Å²) in [5, 5.41) is 6.50. The monoisotopic (exact) mass is 399 g/mol. The lowest BCUT2D eigenvalue weighted by Gasteiger charge is -2.16. The molecule has 4 heteroatoms. The molecule has 3 nitrogen and oxygen atoms in total. The van der Waals surface area contributed by atoms with Crippen LogP contribution in [-0.2, 0) is 0 Å². The summed E-state index contributed by atoms with van der Waals surface area (Å²) >= 11 is 0. The van der Waals surface area contributed by atoms with Gasteiger partial charge in [0.15, 0.2) is 0 Å². The minimum absolute atomic E-state index is 0.315. The topological polar surface area (TPSA) is 36.1 Å². The SMILES string of the molecule is C=C.C=C(CCNC)Nc1cccc(S(=C)Nc2cccc(C)c2C)c1.CC. The fourth-order valence-corrected chi connectivity index (χ4v) is 3.44. The number of rotatable bonds is 8. The summed E-state index contributed by atoms with van der Waals surface area (Å²) in [5.41, 5.74) is 5.76. The third-order valence-electron chi connectivity index (χ3n) is 3.95. The first-order chi connectivity index (χ1) is 13.5. The highest BCUT2D eigenvalue weighted by Crippen LogP contribution is 2.31. The average molecular weight is 400 g/mol. The molecule has 0 aliphatic heterocycles. The number of aryl methyl sites for hydroxylation is 1. The third-order valence-corrected chi connectivity index (χ3v) is 5.24. The molecule has 0 aliphatic rings. The van der Waals surface area contributed by atoms with E-state index in [0.717, 1.165) is 30.0 Å². The molecule has 3 N–H and O–H groups in total. The second-order valence-corrected chi connectivity index (χ2v) is 7.31. The maximum Gasteiger partial charge on any atom is 0.0470 e. The van der Waals surface area contributed by atoms with E-state index in [2.05, 4.69) is 97.3 Å². The smallest absolute Gasteiger partial charge is 0.0470 e. The Balaban J connectivity index is 0.00000171. The van der Waals surface area contributed by atoms with Gasteiger partial charge in [0.05, 0.1) is 0 Å². The van der Waals surface area contributed by atoms with Gasteiger partial charge in [-0.15, -0.1) is 13.2 Å². The number of benzene rings is 2. The highest BCUT2D eigenvalue weighted by Gasteiger charge is 2.04. The number of hydrogen-bond donors (Lipinski definition) is 3. The first-order valence-corrected chi connectivity index (χ1v) is 11.0. The first-order valence-electron chi connectivity index (χ1n) is 9.57. The van der Waals surface area contributed by atoms with E-state index in [1.807, 2.05) is 20.9 Å². The molecular weight excluding hydrogens is 362 g/mol. The van der Waals surface area contributed by atoms with Crippen molar-refractivity contribution in [2.45, 2.75) is 39.0 Å². The van der Waals surface area contributed by atoms with Crippen molar-refractivity contribution in [2.24, 2.45) is 0 Å². The normalized spacial score (nSPS) is 10.5. The first kappa shape index (κ1) is 25.7. The van der Waals surface area contributed by atoms with Crippen molar-refractivity contribution >= 4 is 27.9 Å². The molecule has 0 aliphatic carbocycles. The van der Waals surface area contributed by atoms with Crippen LogP contribution in [0.15, 0.2) is 72.8 Å². The average Bonchev–Trinajstić information content (AvgIpc) is 2.73. The molecule has 0 saturated carbocycles. The molecule has 0 aromatic heterocycles. The van der Waals surface area contributed by atoms with Gasteiger partial charge in [0.1, 0.15) is 0 Å². The molecule has 0 fully saturated rings. The number of anilines is 2. The maximum absolute atomic E-state index is 4.30. The van der Waals surface area contributed by atoms with Crippen LogP contribution >= 0.6 is 10.7 Å². The summed E-state index contributed by atoms with van der Waals surface area (Å²) in [5.74, 6) is 4.30. The van der Waals surface area contributed by atoms with Crippen LogP contribution in [0.5, 0.6) is 0 Å². The Morgan fingerprint density at radius 3 is 2.32 bits per heavy atom. The van der Waals surface area contributed by atoms with E-state index >= 15 is 0 Å². The number of hydrogen-bond acceptors (Lipinski definition) is 3. The van der Waals surface area contributed by atoms with Gasteiger partial charge >= 0.3 is 0 Å². The molecule has 2 rings (SSSR count). The van der Waals surface area contributed by atoms with E-state index in [4.69, 9.17) is 0 Å². The molecule has 2 aromatic carbocycles. The molecule has 28 heavy (non-hydrogen) atoms. The summed E-state index contributed by atoms with van der Waals surface area (Å²) in [7, 11) is 1.63. The van der Waals surface area contributed by atoms with Gasteiger partial charge in [-0.1, -0.05) is 55.2 Å². The van der Waals surface area contributed by atoms with E-state index in [-0.39, 0.29) is 10.7 Å². The maximum atomic E-state index is 4.30. The Morgan fingerprint density at radius 1 is 1.04 bits per heavy atom. The fourth-order valence-electron chi connectivity index (χ4n) is 2.32. The Morgan fingerprint density at radius 2 is 1.68 bits per heavy atom. The minimum Gasteiger partial charge on any atom is -0.359 e. The van der Waals surface area contributed by atoms with Crippen molar-refractivity contribution in [3.05, 3.63) is 79.0 Å². The molecule has 0 saturated heterocycles. The zero-order valence-corrected chi connectivity index (χ0v) is 19.0. The van der Waals surface area contributed by atoms with Crippen LogP contribution in [-0.4, -0.2) is 19.5 Å². The van der Waals surface area contributed by atoms with E-state index < -0.39 is 0 Å². The molecule has 0 heterocycles. The largest absolute Gasteiger partial charge is 0.359 e. The van der Waals surface area contributed by atoms with Crippen LogP contribution in [0.2, 0.25) is 0 Å². The van der Waals surface area contributed by atoms with Gasteiger partial charge < -0.3 is 15.4 Å². The van der Waals surface area contributed by atoms with E-state index in [1.165, 1.54) is 16.0 Å². The van der Waals surface area contributed by atoms with Crippen LogP contribution in [0.3, 0.4) is 0 Å². The highest BCUT2D eigenvalue weighted by molar-refractivity contribution is 8.15. The number of nitrogens with one attached hydrogen (secondary N) is 3. The third kappa shape index (κ3) is 8.59. The van der Waals surface area contributed by atoms with Gasteiger partial charge in [0.25, 0.3) is 0 Å². The van der Waals surface area contributed by atoms with Gasteiger partial charge in [0, 0.05) is 28.5 Å². The fraction of sp³-hybridized carbons (Fsp3) is 0.292. The quantitative estimate of drug-likeness (QED) is 0.339. The summed E-state index contributed by atoms with van der Waals surface area (Å²) in [6.07, 6.45) is 0.900. The zero-order chi connectivity index (χ0) is 21.5. The minimum atomic E-state index is -0.315. The van der Waals surface area contributed by atoms with Crippen molar-refractivity contribution in [1.29, 1.82) is 0 Å².